The molecule has 4 nitrogen and oxygen atoms in total. The Labute approximate surface area is 145 Å². The van der Waals surface area contributed by atoms with Gasteiger partial charge in [0.25, 0.3) is 0 Å². The van der Waals surface area contributed by atoms with Crippen molar-refractivity contribution >= 4 is 27.5 Å². The number of amides is 1. The van der Waals surface area contributed by atoms with Gasteiger partial charge in [0, 0.05) is 16.7 Å². The van der Waals surface area contributed by atoms with Crippen LogP contribution in [0.1, 0.15) is 11.1 Å². The number of benzene rings is 2. The van der Waals surface area contributed by atoms with Gasteiger partial charge in [-0.25, -0.2) is 0 Å². The zero-order chi connectivity index (χ0) is 16.7. The van der Waals surface area contributed by atoms with Crippen LogP contribution in [0, 0.1) is 6.92 Å². The lowest BCUT2D eigenvalue weighted by atomic mass is 10.1. The third kappa shape index (κ3) is 5.60. The number of hydrogen-bond acceptors (Lipinski definition) is 3. The van der Waals surface area contributed by atoms with Crippen molar-refractivity contribution in [2.75, 3.05) is 25.5 Å². The Balaban J connectivity index is 1.73. The number of rotatable bonds is 7. The SMILES string of the molecule is COc1cccc(CCNC(=O)CNc2ccc(C)c(Br)c2)c1. The fraction of sp³-hybridized carbons (Fsp3) is 0.278. The fourth-order valence-electron chi connectivity index (χ4n) is 2.12. The largest absolute Gasteiger partial charge is 0.497 e. The number of nitrogens with one attached hydrogen (secondary N) is 2. The number of hydrogen-bond donors (Lipinski definition) is 2. The molecule has 0 heterocycles. The number of anilines is 1. The van der Waals surface area contributed by atoms with Crippen molar-refractivity contribution in [1.82, 2.24) is 5.32 Å². The van der Waals surface area contributed by atoms with Crippen molar-refractivity contribution in [2.24, 2.45) is 0 Å². The van der Waals surface area contributed by atoms with Gasteiger partial charge in [-0.15, -0.1) is 0 Å². The summed E-state index contributed by atoms with van der Waals surface area (Å²) < 4.78 is 6.22. The average molecular weight is 377 g/mol. The van der Waals surface area contributed by atoms with E-state index in [-0.39, 0.29) is 12.5 Å². The number of aryl methyl sites for hydroxylation is 1. The quantitative estimate of drug-likeness (QED) is 0.776. The molecule has 0 aliphatic heterocycles. The summed E-state index contributed by atoms with van der Waals surface area (Å²) in [7, 11) is 1.65. The first-order chi connectivity index (χ1) is 11.1. The first kappa shape index (κ1) is 17.3. The third-order valence-electron chi connectivity index (χ3n) is 3.49. The van der Waals surface area contributed by atoms with Crippen molar-refractivity contribution in [3.05, 3.63) is 58.1 Å². The van der Waals surface area contributed by atoms with Crippen LogP contribution in [0.4, 0.5) is 5.69 Å². The van der Waals surface area contributed by atoms with Gasteiger partial charge in [0.1, 0.15) is 5.75 Å². The maximum Gasteiger partial charge on any atom is 0.239 e. The Bertz CT molecular complexity index is 674. The van der Waals surface area contributed by atoms with Gasteiger partial charge in [-0.2, -0.15) is 0 Å². The Morgan fingerprint density at radius 1 is 1.22 bits per heavy atom. The number of ether oxygens (including phenoxy) is 1. The van der Waals surface area contributed by atoms with Crippen LogP contribution in [0.2, 0.25) is 0 Å². The van der Waals surface area contributed by atoms with Crippen molar-refractivity contribution < 1.29 is 9.53 Å². The highest BCUT2D eigenvalue weighted by Crippen LogP contribution is 2.20. The second-order valence-corrected chi connectivity index (χ2v) is 6.12. The molecule has 1 amide bonds. The minimum absolute atomic E-state index is 0.0235. The Hall–Kier alpha value is -2.01. The molecular formula is C18H21BrN2O2. The summed E-state index contributed by atoms with van der Waals surface area (Å²) in [6.07, 6.45) is 0.777. The Kier molecular flexibility index (Phi) is 6.47. The summed E-state index contributed by atoms with van der Waals surface area (Å²) >= 11 is 3.48. The second kappa shape index (κ2) is 8.58. The molecule has 0 aliphatic carbocycles. The molecule has 0 atom stereocenters. The third-order valence-corrected chi connectivity index (χ3v) is 4.35. The van der Waals surface area contributed by atoms with Gasteiger partial charge in [0.2, 0.25) is 5.91 Å². The van der Waals surface area contributed by atoms with E-state index in [1.54, 1.807) is 7.11 Å². The summed E-state index contributed by atoms with van der Waals surface area (Å²) in [5.41, 5.74) is 3.23. The molecule has 0 fully saturated rings. The monoisotopic (exact) mass is 376 g/mol. The van der Waals surface area contributed by atoms with Gasteiger partial charge in [-0.3, -0.25) is 4.79 Å². The molecule has 0 radical (unpaired) electrons. The van der Waals surface area contributed by atoms with Crippen molar-refractivity contribution in [3.63, 3.8) is 0 Å². The molecule has 2 N–H and O–H groups in total. The molecule has 2 aromatic carbocycles. The van der Waals surface area contributed by atoms with Gasteiger partial charge in [-0.1, -0.05) is 34.1 Å². The van der Waals surface area contributed by atoms with E-state index in [1.165, 1.54) is 5.56 Å². The van der Waals surface area contributed by atoms with Gasteiger partial charge in [-0.05, 0) is 48.7 Å². The zero-order valence-corrected chi connectivity index (χ0v) is 14.9. The predicted molar refractivity (Wildman–Crippen MR) is 97.1 cm³/mol. The van der Waals surface area contributed by atoms with Crippen LogP contribution in [-0.4, -0.2) is 26.1 Å². The number of halogens is 1. The smallest absolute Gasteiger partial charge is 0.239 e. The molecule has 0 spiro atoms. The molecule has 23 heavy (non-hydrogen) atoms. The summed E-state index contributed by atoms with van der Waals surface area (Å²) in [4.78, 5) is 11.9. The average Bonchev–Trinajstić information content (AvgIpc) is 2.56. The van der Waals surface area contributed by atoms with Gasteiger partial charge < -0.3 is 15.4 Å². The summed E-state index contributed by atoms with van der Waals surface area (Å²) in [5, 5.41) is 6.03. The van der Waals surface area contributed by atoms with Crippen LogP contribution in [0.5, 0.6) is 5.75 Å². The minimum Gasteiger partial charge on any atom is -0.497 e. The molecule has 0 aromatic heterocycles. The van der Waals surface area contributed by atoms with Crippen molar-refractivity contribution in [2.45, 2.75) is 13.3 Å². The summed E-state index contributed by atoms with van der Waals surface area (Å²) in [6, 6.07) is 13.8. The second-order valence-electron chi connectivity index (χ2n) is 5.27. The van der Waals surface area contributed by atoms with E-state index in [0.717, 1.165) is 27.9 Å². The number of carbonyl (C=O) groups excluding carboxylic acids is 1. The molecule has 0 unspecified atom stereocenters. The highest BCUT2D eigenvalue weighted by atomic mass is 79.9. The van der Waals surface area contributed by atoms with E-state index in [4.69, 9.17) is 4.74 Å². The first-order valence-corrected chi connectivity index (χ1v) is 8.27. The highest BCUT2D eigenvalue weighted by molar-refractivity contribution is 9.10. The van der Waals surface area contributed by atoms with Crippen molar-refractivity contribution in [3.8, 4) is 5.75 Å². The van der Waals surface area contributed by atoms with Crippen LogP contribution in [-0.2, 0) is 11.2 Å². The normalized spacial score (nSPS) is 10.2. The van der Waals surface area contributed by atoms with E-state index in [0.29, 0.717) is 6.54 Å². The molecule has 0 bridgehead atoms. The lowest BCUT2D eigenvalue weighted by molar-refractivity contribution is -0.119. The Morgan fingerprint density at radius 3 is 2.78 bits per heavy atom. The van der Waals surface area contributed by atoms with Gasteiger partial charge in [0.15, 0.2) is 0 Å². The Morgan fingerprint density at radius 2 is 2.04 bits per heavy atom. The lowest BCUT2D eigenvalue weighted by Gasteiger charge is -2.09. The summed E-state index contributed by atoms with van der Waals surface area (Å²) in [5.74, 6) is 0.810. The van der Waals surface area contributed by atoms with E-state index in [9.17, 15) is 4.79 Å². The minimum atomic E-state index is -0.0235. The molecule has 0 saturated carbocycles. The maximum absolute atomic E-state index is 11.9. The molecule has 0 aliphatic rings. The number of methoxy groups -OCH3 is 1. The standard InChI is InChI=1S/C18H21BrN2O2/c1-13-6-7-15(11-17(13)19)21-12-18(22)20-9-8-14-4-3-5-16(10-14)23-2/h3-7,10-11,21H,8-9,12H2,1-2H3,(H,20,22). The van der Waals surface area contributed by atoms with Crippen LogP contribution < -0.4 is 15.4 Å². The lowest BCUT2D eigenvalue weighted by Crippen LogP contribution is -2.31. The van der Waals surface area contributed by atoms with Crippen LogP contribution in [0.3, 0.4) is 0 Å². The zero-order valence-electron chi connectivity index (χ0n) is 13.4. The van der Waals surface area contributed by atoms with Crippen LogP contribution in [0.25, 0.3) is 0 Å². The summed E-state index contributed by atoms with van der Waals surface area (Å²) in [6.45, 7) is 2.89. The van der Waals surface area contributed by atoms with Crippen LogP contribution >= 0.6 is 15.9 Å². The van der Waals surface area contributed by atoms with E-state index in [2.05, 4.69) is 26.6 Å². The fourth-order valence-corrected chi connectivity index (χ4v) is 2.50. The molecule has 2 aromatic rings. The van der Waals surface area contributed by atoms with E-state index < -0.39 is 0 Å². The van der Waals surface area contributed by atoms with E-state index in [1.807, 2.05) is 49.4 Å². The first-order valence-electron chi connectivity index (χ1n) is 7.48. The molecular weight excluding hydrogens is 356 g/mol. The van der Waals surface area contributed by atoms with E-state index >= 15 is 0 Å². The molecule has 0 saturated heterocycles. The molecule has 122 valence electrons. The van der Waals surface area contributed by atoms with Crippen molar-refractivity contribution in [1.29, 1.82) is 0 Å². The van der Waals surface area contributed by atoms with Gasteiger partial charge in [0.05, 0.1) is 13.7 Å². The number of carbonyl (C=O) groups is 1. The highest BCUT2D eigenvalue weighted by Gasteiger charge is 2.03. The molecule has 5 heteroatoms. The molecule has 2 rings (SSSR count). The van der Waals surface area contributed by atoms with Gasteiger partial charge >= 0.3 is 0 Å². The topological polar surface area (TPSA) is 50.4 Å². The van der Waals surface area contributed by atoms with Crippen LogP contribution in [0.15, 0.2) is 46.9 Å². The maximum atomic E-state index is 11.9. The predicted octanol–water partition coefficient (Wildman–Crippen LogP) is 3.54.